The van der Waals surface area contributed by atoms with Gasteiger partial charge < -0.3 is 10.1 Å². The second-order valence-electron chi connectivity index (χ2n) is 5.32. The van der Waals surface area contributed by atoms with Crippen molar-refractivity contribution >= 4 is 17.3 Å². The smallest absolute Gasteiger partial charge is 0.274 e. The zero-order valence-electron chi connectivity index (χ0n) is 13.2. The molecular weight excluding hydrogens is 296 g/mol. The van der Waals surface area contributed by atoms with Gasteiger partial charge in [-0.1, -0.05) is 18.2 Å². The molecule has 120 valence electrons. The van der Waals surface area contributed by atoms with Crippen LogP contribution in [0.25, 0.3) is 0 Å². The third-order valence-corrected chi connectivity index (χ3v) is 3.24. The molecule has 1 N–H and O–H groups in total. The monoisotopic (exact) mass is 314 g/mol. The quantitative estimate of drug-likeness (QED) is 0.669. The number of nitrogens with zero attached hydrogens (tertiary/aromatic N) is 1. The van der Waals surface area contributed by atoms with E-state index in [0.717, 1.165) is 0 Å². The number of carbonyl (C=O) groups excluding carboxylic acids is 1. The van der Waals surface area contributed by atoms with Gasteiger partial charge in [-0.05, 0) is 39.0 Å². The average molecular weight is 314 g/mol. The molecule has 0 saturated carbocycles. The first-order valence-electron chi connectivity index (χ1n) is 7.21. The molecule has 2 rings (SSSR count). The van der Waals surface area contributed by atoms with Crippen molar-refractivity contribution in [2.75, 3.05) is 5.32 Å². The van der Waals surface area contributed by atoms with Crippen LogP contribution in [0, 0.1) is 17.0 Å². The fourth-order valence-corrected chi connectivity index (χ4v) is 2.16. The zero-order valence-corrected chi connectivity index (χ0v) is 13.2. The lowest BCUT2D eigenvalue weighted by Crippen LogP contribution is -2.16. The van der Waals surface area contributed by atoms with Gasteiger partial charge in [-0.2, -0.15) is 0 Å². The van der Waals surface area contributed by atoms with E-state index in [1.165, 1.54) is 12.1 Å². The molecule has 0 bridgehead atoms. The Morgan fingerprint density at radius 2 is 1.87 bits per heavy atom. The summed E-state index contributed by atoms with van der Waals surface area (Å²) >= 11 is 0. The van der Waals surface area contributed by atoms with E-state index in [4.69, 9.17) is 4.74 Å². The number of anilines is 1. The molecular formula is C17H18N2O4. The van der Waals surface area contributed by atoms with Crippen LogP contribution in [0.5, 0.6) is 5.75 Å². The SMILES string of the molecule is Cc1c(NC(=O)c2ccccc2OC(C)C)cccc1[N+](=O)[O-]. The number of nitro groups is 1. The molecule has 0 saturated heterocycles. The van der Waals surface area contributed by atoms with E-state index in [-0.39, 0.29) is 17.7 Å². The Morgan fingerprint density at radius 1 is 1.17 bits per heavy atom. The maximum absolute atomic E-state index is 12.5. The first-order valence-corrected chi connectivity index (χ1v) is 7.21. The van der Waals surface area contributed by atoms with Crippen LogP contribution in [0.2, 0.25) is 0 Å². The van der Waals surface area contributed by atoms with Gasteiger partial charge in [0.25, 0.3) is 11.6 Å². The molecule has 2 aromatic rings. The summed E-state index contributed by atoms with van der Waals surface area (Å²) in [6.45, 7) is 5.35. The minimum atomic E-state index is -0.471. The molecule has 2 aromatic carbocycles. The van der Waals surface area contributed by atoms with Crippen LogP contribution in [0.3, 0.4) is 0 Å². The number of hydrogen-bond donors (Lipinski definition) is 1. The highest BCUT2D eigenvalue weighted by molar-refractivity contribution is 6.06. The number of nitro benzene ring substituents is 1. The number of carbonyl (C=O) groups is 1. The van der Waals surface area contributed by atoms with E-state index in [0.29, 0.717) is 22.6 Å². The molecule has 6 nitrogen and oxygen atoms in total. The van der Waals surface area contributed by atoms with Gasteiger partial charge in [-0.15, -0.1) is 0 Å². The molecule has 0 spiro atoms. The van der Waals surface area contributed by atoms with Crippen molar-refractivity contribution in [1.82, 2.24) is 0 Å². The molecule has 0 aliphatic heterocycles. The molecule has 23 heavy (non-hydrogen) atoms. The lowest BCUT2D eigenvalue weighted by atomic mass is 10.1. The van der Waals surface area contributed by atoms with E-state index in [2.05, 4.69) is 5.32 Å². The van der Waals surface area contributed by atoms with E-state index in [9.17, 15) is 14.9 Å². The van der Waals surface area contributed by atoms with E-state index in [1.807, 2.05) is 13.8 Å². The second-order valence-corrected chi connectivity index (χ2v) is 5.32. The van der Waals surface area contributed by atoms with Crippen molar-refractivity contribution in [3.05, 3.63) is 63.7 Å². The first kappa shape index (κ1) is 16.5. The summed E-state index contributed by atoms with van der Waals surface area (Å²) in [7, 11) is 0. The van der Waals surface area contributed by atoms with Crippen molar-refractivity contribution in [1.29, 1.82) is 0 Å². The highest BCUT2D eigenvalue weighted by Gasteiger charge is 2.17. The summed E-state index contributed by atoms with van der Waals surface area (Å²) in [5.41, 5.74) is 1.17. The summed E-state index contributed by atoms with van der Waals surface area (Å²) in [4.78, 5) is 23.0. The molecule has 0 aliphatic carbocycles. The Kier molecular flexibility index (Phi) is 4.95. The van der Waals surface area contributed by atoms with Gasteiger partial charge in [0.2, 0.25) is 0 Å². The normalized spacial score (nSPS) is 10.4. The van der Waals surface area contributed by atoms with Crippen LogP contribution in [-0.2, 0) is 0 Å². The fourth-order valence-electron chi connectivity index (χ4n) is 2.16. The fraction of sp³-hybridized carbons (Fsp3) is 0.235. The second kappa shape index (κ2) is 6.91. The standard InChI is InChI=1S/C17H18N2O4/c1-11(2)23-16-10-5-4-7-13(16)17(20)18-14-8-6-9-15(12(14)3)19(21)22/h4-11H,1-3H3,(H,18,20). The molecule has 6 heteroatoms. The number of nitrogens with one attached hydrogen (secondary N) is 1. The van der Waals surface area contributed by atoms with E-state index in [1.54, 1.807) is 37.3 Å². The number of hydrogen-bond acceptors (Lipinski definition) is 4. The first-order chi connectivity index (χ1) is 10.9. The maximum atomic E-state index is 12.5. The van der Waals surface area contributed by atoms with Gasteiger partial charge >= 0.3 is 0 Å². The topological polar surface area (TPSA) is 81.5 Å². The Morgan fingerprint density at radius 3 is 2.52 bits per heavy atom. The average Bonchev–Trinajstić information content (AvgIpc) is 2.49. The Hall–Kier alpha value is -2.89. The van der Waals surface area contributed by atoms with Crippen molar-refractivity contribution in [2.45, 2.75) is 26.9 Å². The number of benzene rings is 2. The molecule has 1 amide bonds. The van der Waals surface area contributed by atoms with E-state index >= 15 is 0 Å². The van der Waals surface area contributed by atoms with Crippen LogP contribution in [0.1, 0.15) is 29.8 Å². The van der Waals surface area contributed by atoms with Crippen molar-refractivity contribution < 1.29 is 14.5 Å². The minimum absolute atomic E-state index is 0.0329. The van der Waals surface area contributed by atoms with Gasteiger partial charge in [-0.25, -0.2) is 0 Å². The summed E-state index contributed by atoms with van der Waals surface area (Å²) in [5, 5.41) is 13.7. The molecule has 0 aromatic heterocycles. The highest BCUT2D eigenvalue weighted by atomic mass is 16.6. The van der Waals surface area contributed by atoms with Crippen molar-refractivity contribution in [3.8, 4) is 5.75 Å². The maximum Gasteiger partial charge on any atom is 0.274 e. The summed E-state index contributed by atoms with van der Waals surface area (Å²) in [6, 6.07) is 11.5. The Bertz CT molecular complexity index is 741. The zero-order chi connectivity index (χ0) is 17.0. The lowest BCUT2D eigenvalue weighted by Gasteiger charge is -2.14. The molecule has 0 atom stereocenters. The molecule has 0 radical (unpaired) electrons. The Labute approximate surface area is 134 Å². The van der Waals surface area contributed by atoms with Gasteiger partial charge in [0.15, 0.2) is 0 Å². The van der Waals surface area contributed by atoms with Crippen LogP contribution < -0.4 is 10.1 Å². The number of para-hydroxylation sites is 1. The lowest BCUT2D eigenvalue weighted by molar-refractivity contribution is -0.385. The number of rotatable bonds is 5. The van der Waals surface area contributed by atoms with E-state index < -0.39 is 4.92 Å². The van der Waals surface area contributed by atoms with Gasteiger partial charge in [-0.3, -0.25) is 14.9 Å². The highest BCUT2D eigenvalue weighted by Crippen LogP contribution is 2.27. The largest absolute Gasteiger partial charge is 0.490 e. The molecule has 0 heterocycles. The summed E-state index contributed by atoms with van der Waals surface area (Å²) in [5.74, 6) is 0.105. The molecule has 0 fully saturated rings. The Balaban J connectivity index is 2.30. The van der Waals surface area contributed by atoms with Crippen LogP contribution >= 0.6 is 0 Å². The van der Waals surface area contributed by atoms with Crippen LogP contribution in [-0.4, -0.2) is 16.9 Å². The van der Waals surface area contributed by atoms with Crippen LogP contribution in [0.15, 0.2) is 42.5 Å². The molecule has 0 unspecified atom stereocenters. The molecule has 0 aliphatic rings. The minimum Gasteiger partial charge on any atom is -0.490 e. The third kappa shape index (κ3) is 3.85. The predicted molar refractivity (Wildman–Crippen MR) is 88.0 cm³/mol. The van der Waals surface area contributed by atoms with Gasteiger partial charge in [0.05, 0.1) is 27.8 Å². The summed E-state index contributed by atoms with van der Waals surface area (Å²) < 4.78 is 5.63. The van der Waals surface area contributed by atoms with Crippen LogP contribution in [0.4, 0.5) is 11.4 Å². The van der Waals surface area contributed by atoms with Crippen molar-refractivity contribution in [3.63, 3.8) is 0 Å². The third-order valence-electron chi connectivity index (χ3n) is 3.24. The predicted octanol–water partition coefficient (Wildman–Crippen LogP) is 3.94. The number of amides is 1. The van der Waals surface area contributed by atoms with Gasteiger partial charge in [0.1, 0.15) is 5.75 Å². The van der Waals surface area contributed by atoms with Gasteiger partial charge in [0, 0.05) is 6.07 Å². The van der Waals surface area contributed by atoms with Crippen molar-refractivity contribution in [2.24, 2.45) is 0 Å². The summed E-state index contributed by atoms with van der Waals surface area (Å²) in [6.07, 6.45) is -0.0662. The number of ether oxygens (including phenoxy) is 1.